The van der Waals surface area contributed by atoms with Gasteiger partial charge in [0.1, 0.15) is 24.1 Å². The maximum Gasteiger partial charge on any atom is 0.198 e. The van der Waals surface area contributed by atoms with Crippen molar-refractivity contribution in [1.29, 1.82) is 0 Å². The van der Waals surface area contributed by atoms with Crippen LogP contribution in [0.3, 0.4) is 0 Å². The summed E-state index contributed by atoms with van der Waals surface area (Å²) in [5.41, 5.74) is 2.11. The summed E-state index contributed by atoms with van der Waals surface area (Å²) in [5.74, 6) is -0.533. The molecule has 0 aliphatic rings. The van der Waals surface area contributed by atoms with Crippen molar-refractivity contribution in [3.05, 3.63) is 65.7 Å². The van der Waals surface area contributed by atoms with Crippen LogP contribution in [0.1, 0.15) is 165 Å². The minimum absolute atomic E-state index is 0.0109. The number of ether oxygens (including phenoxy) is 5. The van der Waals surface area contributed by atoms with Crippen LogP contribution in [0.4, 0.5) is 0 Å². The van der Waals surface area contributed by atoms with Gasteiger partial charge in [0.2, 0.25) is 0 Å². The van der Waals surface area contributed by atoms with Gasteiger partial charge in [0.05, 0.1) is 51.3 Å². The van der Waals surface area contributed by atoms with E-state index in [4.69, 9.17) is 41.4 Å². The number of carbonyl (C=O) groups excluding carboxylic acids is 4. The van der Waals surface area contributed by atoms with E-state index < -0.39 is 77.3 Å². The van der Waals surface area contributed by atoms with Gasteiger partial charge in [-0.3, -0.25) is 19.2 Å². The molecule has 2 rings (SSSR count). The lowest BCUT2D eigenvalue weighted by Crippen LogP contribution is -2.57. The Morgan fingerprint density at radius 2 is 1.03 bits per heavy atom. The van der Waals surface area contributed by atoms with Crippen molar-refractivity contribution in [2.75, 3.05) is 33.7 Å². The Morgan fingerprint density at radius 3 is 1.57 bits per heavy atom. The monoisotopic (exact) mass is 1290 g/mol. The third kappa shape index (κ3) is 28.9. The van der Waals surface area contributed by atoms with E-state index in [0.717, 1.165) is 59.2 Å². The van der Waals surface area contributed by atoms with Gasteiger partial charge < -0.3 is 41.4 Å². The molecule has 0 radical (unpaired) electrons. The minimum atomic E-state index is -2.38. The van der Waals surface area contributed by atoms with Gasteiger partial charge in [0.15, 0.2) is 44.8 Å². The van der Waals surface area contributed by atoms with Crippen molar-refractivity contribution in [2.45, 2.75) is 296 Å². The molecule has 6 atom stereocenters. The van der Waals surface area contributed by atoms with Crippen LogP contribution >= 0.6 is 0 Å². The molecule has 494 valence electrons. The maximum absolute atomic E-state index is 14.8. The van der Waals surface area contributed by atoms with E-state index in [0.29, 0.717) is 58.7 Å². The maximum atomic E-state index is 14.8. The second-order valence-electron chi connectivity index (χ2n) is 28.6. The zero-order valence-electron chi connectivity index (χ0n) is 58.2. The first-order valence-corrected chi connectivity index (χ1v) is 47.6. The standard InChI is InChI=1S/C68H124O13Si5/c1-22-85(23-2,24-3)80-64(52-76-51-55-32-29-28-30-33-55)66(81-86(25-4,26-5)27-6)65(77-53-75-46-47-82(15,16)17)54(7)48-58(70)49-61(79-84(20,21)68(11,12)13)35-31-34-57(69)38-42-62(71)63(72)43-41-60(78-83(18,19)67(8,9)10)44-45-74-50-56-36-39-59(73-14)40-37-56/h28-30,32-33,36-37,39-40,54,60-61,64-66H,22-27,31,34-35,38,41-53H2,1-21H3/t54-,60+,61-,64+,65-,66+/m1/s1. The van der Waals surface area contributed by atoms with Crippen LogP contribution in [0.5, 0.6) is 5.75 Å². The Morgan fingerprint density at radius 1 is 0.512 bits per heavy atom. The molecule has 0 saturated heterocycles. The van der Waals surface area contributed by atoms with Crippen molar-refractivity contribution in [2.24, 2.45) is 5.92 Å². The normalized spacial score (nSPS) is 15.2. The average Bonchev–Trinajstić information content (AvgIpc) is 3.36. The molecule has 0 spiro atoms. The molecule has 13 nitrogen and oxygen atoms in total. The van der Waals surface area contributed by atoms with Gasteiger partial charge in [-0.25, -0.2) is 0 Å². The van der Waals surface area contributed by atoms with E-state index >= 15 is 0 Å². The van der Waals surface area contributed by atoms with E-state index in [1.165, 1.54) is 0 Å². The average molecular weight is 1290 g/mol. The number of Topliss-reactive ketones (excluding diaryl/α,β-unsaturated/α-hetero) is 4. The highest BCUT2D eigenvalue weighted by molar-refractivity contribution is 6.76. The topological polar surface area (TPSA) is 151 Å². The molecule has 18 heteroatoms. The molecule has 0 saturated carbocycles. The number of methoxy groups -OCH3 is 1. The Balaban J connectivity index is 2.36. The van der Waals surface area contributed by atoms with Crippen molar-refractivity contribution in [3.8, 4) is 5.75 Å². The second-order valence-corrected chi connectivity index (χ2v) is 53.2. The fourth-order valence-electron chi connectivity index (χ4n) is 10.2. The lowest BCUT2D eigenvalue weighted by atomic mass is 9.90. The molecule has 0 aromatic heterocycles. The Hall–Kier alpha value is -2.32. The summed E-state index contributed by atoms with van der Waals surface area (Å²) >= 11 is 0. The molecule has 0 N–H and O–H groups in total. The van der Waals surface area contributed by atoms with E-state index in [2.05, 4.69) is 148 Å². The molecule has 0 aliphatic heterocycles. The Bertz CT molecular complexity index is 2220. The summed E-state index contributed by atoms with van der Waals surface area (Å²) in [7, 11) is -8.93. The quantitative estimate of drug-likeness (QED) is 0.0268. The third-order valence-electron chi connectivity index (χ3n) is 18.8. The van der Waals surface area contributed by atoms with Gasteiger partial charge in [0.25, 0.3) is 0 Å². The first-order valence-electron chi connectivity index (χ1n) is 33.0. The largest absolute Gasteiger partial charge is 0.497 e. The van der Waals surface area contributed by atoms with E-state index in [1.807, 2.05) is 42.5 Å². The fourth-order valence-corrected chi connectivity index (χ4v) is 19.5. The van der Waals surface area contributed by atoms with E-state index in [-0.39, 0.29) is 79.0 Å². The summed E-state index contributed by atoms with van der Waals surface area (Å²) in [6, 6.07) is 24.7. The smallest absolute Gasteiger partial charge is 0.198 e. The van der Waals surface area contributed by atoms with Gasteiger partial charge >= 0.3 is 0 Å². The zero-order valence-corrected chi connectivity index (χ0v) is 63.2. The molecule has 0 fully saturated rings. The highest BCUT2D eigenvalue weighted by atomic mass is 28.4. The van der Waals surface area contributed by atoms with Crippen LogP contribution in [0.2, 0.25) is 98.2 Å². The molecular formula is C68H124O13Si5. The van der Waals surface area contributed by atoms with Gasteiger partial charge in [-0.05, 0) is 133 Å². The SMILES string of the molecule is CC[Si](CC)(CC)O[C@H]([C@H](OCOCC[Si](C)(C)C)[C@H](C)CC(=O)C[C@@H](CCCC(=O)CCC(=O)C(=O)CC[C@@H](CCOCc1ccc(OC)cc1)O[Si](C)(C)C(C)(C)C)O[Si](C)(C)C(C)(C)C)[C@H](COCc1ccccc1)O[Si](CC)(CC)CC. The molecule has 2 aromatic carbocycles. The van der Waals surface area contributed by atoms with Crippen molar-refractivity contribution in [3.63, 3.8) is 0 Å². The Labute approximate surface area is 529 Å². The number of rotatable bonds is 48. The molecular weight excluding hydrogens is 1170 g/mol. The molecule has 0 unspecified atom stereocenters. The fraction of sp³-hybridized carbons (Fsp3) is 0.765. The zero-order chi connectivity index (χ0) is 65.0. The summed E-state index contributed by atoms with van der Waals surface area (Å²) in [6.07, 6.45) is 0.340. The predicted molar refractivity (Wildman–Crippen MR) is 366 cm³/mol. The molecule has 0 heterocycles. The lowest BCUT2D eigenvalue weighted by molar-refractivity contribution is -0.163. The molecule has 86 heavy (non-hydrogen) atoms. The number of carbonyl (C=O) groups is 4. The van der Waals surface area contributed by atoms with Gasteiger partial charge in [-0.2, -0.15) is 0 Å². The molecule has 2 aromatic rings. The summed E-state index contributed by atoms with van der Waals surface area (Å²) in [6.45, 7) is 46.8. The van der Waals surface area contributed by atoms with Crippen LogP contribution in [-0.4, -0.2) is 129 Å². The second kappa shape index (κ2) is 38.5. The number of hydrogen-bond donors (Lipinski definition) is 0. The first-order chi connectivity index (χ1) is 40.2. The third-order valence-corrected chi connectivity index (χ3v) is 38.9. The van der Waals surface area contributed by atoms with Gasteiger partial charge in [-0.15, -0.1) is 0 Å². The van der Waals surface area contributed by atoms with Crippen LogP contribution in [0.25, 0.3) is 0 Å². The number of benzene rings is 2. The highest BCUT2D eigenvalue weighted by Crippen LogP contribution is 2.40. The minimum Gasteiger partial charge on any atom is -0.497 e. The van der Waals surface area contributed by atoms with Gasteiger partial charge in [-0.1, -0.05) is 152 Å². The summed E-state index contributed by atoms with van der Waals surface area (Å²) < 4.78 is 60.3. The van der Waals surface area contributed by atoms with Crippen LogP contribution in [0.15, 0.2) is 54.6 Å². The molecule has 0 amide bonds. The van der Waals surface area contributed by atoms with Crippen molar-refractivity contribution < 1.29 is 60.6 Å². The lowest BCUT2D eigenvalue weighted by Gasteiger charge is -2.45. The van der Waals surface area contributed by atoms with Crippen molar-refractivity contribution >= 4 is 64.5 Å². The summed E-state index contributed by atoms with van der Waals surface area (Å²) in [4.78, 5) is 55.1. The summed E-state index contributed by atoms with van der Waals surface area (Å²) in [5, 5.41) is -0.162. The molecule has 0 bridgehead atoms. The van der Waals surface area contributed by atoms with E-state index in [9.17, 15) is 19.2 Å². The van der Waals surface area contributed by atoms with Crippen LogP contribution < -0.4 is 4.74 Å². The van der Waals surface area contributed by atoms with Crippen molar-refractivity contribution in [1.82, 2.24) is 0 Å². The highest BCUT2D eigenvalue weighted by Gasteiger charge is 2.46. The Kier molecular flexibility index (Phi) is 35.7. The van der Waals surface area contributed by atoms with Crippen LogP contribution in [-0.2, 0) is 69.0 Å². The van der Waals surface area contributed by atoms with Gasteiger partial charge in [0, 0.05) is 65.9 Å². The first kappa shape index (κ1) is 79.8. The van der Waals surface area contributed by atoms with E-state index in [1.54, 1.807) is 7.11 Å². The molecule has 0 aliphatic carbocycles. The number of ketones is 4. The van der Waals surface area contributed by atoms with Crippen LogP contribution in [0, 0.1) is 5.92 Å². The number of hydrogen-bond acceptors (Lipinski definition) is 13. The predicted octanol–water partition coefficient (Wildman–Crippen LogP) is 17.5.